The fourth-order valence-corrected chi connectivity index (χ4v) is 2.67. The van der Waals surface area contributed by atoms with Gasteiger partial charge in [-0.1, -0.05) is 24.3 Å². The molecule has 2 atom stereocenters. The summed E-state index contributed by atoms with van der Waals surface area (Å²) in [7, 11) is 0. The minimum absolute atomic E-state index is 0.229. The molecule has 24 heavy (non-hydrogen) atoms. The van der Waals surface area contributed by atoms with Crippen LogP contribution in [0.15, 0.2) is 48.5 Å². The van der Waals surface area contributed by atoms with Crippen molar-refractivity contribution >= 4 is 5.91 Å². The third-order valence-corrected chi connectivity index (χ3v) is 4.13. The van der Waals surface area contributed by atoms with Crippen LogP contribution in [0.1, 0.15) is 29.0 Å². The van der Waals surface area contributed by atoms with E-state index in [0.717, 1.165) is 17.7 Å². The van der Waals surface area contributed by atoms with Gasteiger partial charge in [0.2, 0.25) is 5.91 Å². The summed E-state index contributed by atoms with van der Waals surface area (Å²) in [6, 6.07) is 17.8. The van der Waals surface area contributed by atoms with E-state index in [1.807, 2.05) is 24.3 Å². The molecule has 1 amide bonds. The van der Waals surface area contributed by atoms with Crippen LogP contribution >= 0.6 is 0 Å². The first-order valence-electron chi connectivity index (χ1n) is 7.89. The van der Waals surface area contributed by atoms with Crippen LogP contribution in [0, 0.1) is 11.3 Å². The van der Waals surface area contributed by atoms with Gasteiger partial charge in [0, 0.05) is 12.0 Å². The first-order valence-corrected chi connectivity index (χ1v) is 7.89. The van der Waals surface area contributed by atoms with Crippen LogP contribution in [0.3, 0.4) is 0 Å². The molecule has 5 nitrogen and oxygen atoms in total. The zero-order valence-electron chi connectivity index (χ0n) is 13.2. The van der Waals surface area contributed by atoms with Crippen molar-refractivity contribution in [2.75, 3.05) is 6.54 Å². The summed E-state index contributed by atoms with van der Waals surface area (Å²) in [6.45, 7) is 0.699. The average Bonchev–Trinajstić information content (AvgIpc) is 3.39. The maximum absolute atomic E-state index is 10.8. The summed E-state index contributed by atoms with van der Waals surface area (Å²) in [5, 5.41) is 11.9. The molecule has 0 radical (unpaired) electrons. The van der Waals surface area contributed by atoms with E-state index in [-0.39, 0.29) is 12.5 Å². The zero-order valence-corrected chi connectivity index (χ0v) is 13.2. The summed E-state index contributed by atoms with van der Waals surface area (Å²) in [5.41, 5.74) is 8.04. The summed E-state index contributed by atoms with van der Waals surface area (Å²) in [4.78, 5) is 10.8. The van der Waals surface area contributed by atoms with Crippen LogP contribution in [0.4, 0.5) is 0 Å². The molecule has 3 N–H and O–H groups in total. The number of rotatable bonds is 7. The van der Waals surface area contributed by atoms with Gasteiger partial charge in [0.25, 0.3) is 0 Å². The number of carbonyl (C=O) groups excluding carboxylic acids is 1. The fourth-order valence-electron chi connectivity index (χ4n) is 2.67. The second kappa shape index (κ2) is 7.16. The molecular formula is C19H19N3O2. The Morgan fingerprint density at radius 3 is 2.54 bits per heavy atom. The summed E-state index contributed by atoms with van der Waals surface area (Å²) < 4.78 is 5.77. The second-order valence-corrected chi connectivity index (χ2v) is 5.96. The number of nitriles is 1. The molecule has 1 aliphatic carbocycles. The number of benzene rings is 2. The van der Waals surface area contributed by atoms with Gasteiger partial charge in [-0.25, -0.2) is 0 Å². The fraction of sp³-hybridized carbons (Fsp3) is 0.263. The predicted octanol–water partition coefficient (Wildman–Crippen LogP) is 2.07. The number of amides is 1. The monoisotopic (exact) mass is 321 g/mol. The third-order valence-electron chi connectivity index (χ3n) is 4.13. The first kappa shape index (κ1) is 16.0. The Kier molecular flexibility index (Phi) is 4.78. The molecule has 122 valence electrons. The van der Waals surface area contributed by atoms with Gasteiger partial charge in [-0.3, -0.25) is 4.79 Å². The van der Waals surface area contributed by atoms with Crippen LogP contribution in [-0.4, -0.2) is 18.5 Å². The molecule has 0 spiro atoms. The number of nitrogens with zero attached hydrogens (tertiary/aromatic N) is 1. The van der Waals surface area contributed by atoms with Crippen LogP contribution in [0.25, 0.3) is 0 Å². The van der Waals surface area contributed by atoms with Gasteiger partial charge in [-0.15, -0.1) is 0 Å². The van der Waals surface area contributed by atoms with E-state index in [9.17, 15) is 4.79 Å². The Morgan fingerprint density at radius 2 is 1.92 bits per heavy atom. The van der Waals surface area contributed by atoms with Crippen molar-refractivity contribution < 1.29 is 9.53 Å². The molecule has 3 rings (SSSR count). The molecule has 2 aromatic rings. The molecule has 0 saturated heterocycles. The van der Waals surface area contributed by atoms with Crippen LogP contribution < -0.4 is 15.8 Å². The largest absolute Gasteiger partial charge is 0.489 e. The number of hydrogen-bond donors (Lipinski definition) is 2. The molecule has 0 aliphatic heterocycles. The number of ether oxygens (including phenoxy) is 1. The standard InChI is InChI=1S/C19H19N3O2/c20-10-13-1-3-14(4-2-13)12-24-16-7-5-15(6-8-16)17-9-18(17)22-11-19(21)23/h1-8,17-18,22H,9,11-12H2,(H2,21,23)/t17?,18-/m0/s1. The van der Waals surface area contributed by atoms with E-state index in [1.54, 1.807) is 12.1 Å². The summed E-state index contributed by atoms with van der Waals surface area (Å²) >= 11 is 0. The normalized spacial score (nSPS) is 18.6. The van der Waals surface area contributed by atoms with Crippen LogP contribution in [0.2, 0.25) is 0 Å². The Hall–Kier alpha value is -2.84. The summed E-state index contributed by atoms with van der Waals surface area (Å²) in [5.74, 6) is 0.925. The van der Waals surface area contributed by atoms with Gasteiger partial charge >= 0.3 is 0 Å². The molecule has 1 fully saturated rings. The topological polar surface area (TPSA) is 88.1 Å². The minimum Gasteiger partial charge on any atom is -0.489 e. The average molecular weight is 321 g/mol. The molecule has 5 heteroatoms. The Labute approximate surface area is 141 Å². The summed E-state index contributed by atoms with van der Waals surface area (Å²) in [6.07, 6.45) is 1.03. The van der Waals surface area contributed by atoms with Gasteiger partial charge in [-0.05, 0) is 41.8 Å². The lowest BCUT2D eigenvalue weighted by molar-refractivity contribution is -0.117. The molecule has 0 bridgehead atoms. The lowest BCUT2D eigenvalue weighted by Crippen LogP contribution is -2.30. The predicted molar refractivity (Wildman–Crippen MR) is 90.3 cm³/mol. The molecule has 1 unspecified atom stereocenters. The lowest BCUT2D eigenvalue weighted by Gasteiger charge is -2.08. The van der Waals surface area contributed by atoms with Crippen molar-refractivity contribution in [2.45, 2.75) is 25.0 Å². The molecule has 0 aromatic heterocycles. The van der Waals surface area contributed by atoms with Gasteiger partial charge in [-0.2, -0.15) is 5.26 Å². The first-order chi connectivity index (χ1) is 11.7. The quantitative estimate of drug-likeness (QED) is 0.817. The highest BCUT2D eigenvalue weighted by Crippen LogP contribution is 2.41. The van der Waals surface area contributed by atoms with E-state index < -0.39 is 0 Å². The van der Waals surface area contributed by atoms with Gasteiger partial charge in [0.15, 0.2) is 0 Å². The Morgan fingerprint density at radius 1 is 1.21 bits per heavy atom. The maximum atomic E-state index is 10.8. The van der Waals surface area contributed by atoms with E-state index >= 15 is 0 Å². The van der Waals surface area contributed by atoms with Crippen molar-refractivity contribution in [1.29, 1.82) is 5.26 Å². The number of nitrogens with one attached hydrogen (secondary N) is 1. The van der Waals surface area contributed by atoms with Crippen molar-refractivity contribution in [3.63, 3.8) is 0 Å². The highest BCUT2D eigenvalue weighted by Gasteiger charge is 2.37. The molecular weight excluding hydrogens is 302 g/mol. The number of carbonyl (C=O) groups is 1. The van der Waals surface area contributed by atoms with Crippen LogP contribution in [-0.2, 0) is 11.4 Å². The van der Waals surface area contributed by atoms with Gasteiger partial charge in [0.1, 0.15) is 12.4 Å². The highest BCUT2D eigenvalue weighted by atomic mass is 16.5. The van der Waals surface area contributed by atoms with Gasteiger partial charge in [0.05, 0.1) is 18.2 Å². The second-order valence-electron chi connectivity index (χ2n) is 5.96. The molecule has 1 saturated carbocycles. The number of nitrogens with two attached hydrogens (primary N) is 1. The number of hydrogen-bond acceptors (Lipinski definition) is 4. The van der Waals surface area contributed by atoms with Crippen molar-refractivity contribution in [2.24, 2.45) is 5.73 Å². The molecule has 1 aliphatic rings. The number of primary amides is 1. The Bertz CT molecular complexity index is 748. The van der Waals surface area contributed by atoms with E-state index in [2.05, 4.69) is 23.5 Å². The molecule has 0 heterocycles. The van der Waals surface area contributed by atoms with E-state index in [1.165, 1.54) is 5.56 Å². The van der Waals surface area contributed by atoms with Gasteiger partial charge < -0.3 is 15.8 Å². The smallest absolute Gasteiger partial charge is 0.231 e. The highest BCUT2D eigenvalue weighted by molar-refractivity contribution is 5.76. The molecule has 2 aromatic carbocycles. The van der Waals surface area contributed by atoms with Crippen molar-refractivity contribution in [1.82, 2.24) is 5.32 Å². The van der Waals surface area contributed by atoms with Crippen LogP contribution in [0.5, 0.6) is 5.75 Å². The lowest BCUT2D eigenvalue weighted by atomic mass is 10.1. The zero-order chi connectivity index (χ0) is 16.9. The van der Waals surface area contributed by atoms with Crippen molar-refractivity contribution in [3.05, 3.63) is 65.2 Å². The minimum atomic E-state index is -0.327. The Balaban J connectivity index is 1.50. The third kappa shape index (κ3) is 4.12. The van der Waals surface area contributed by atoms with E-state index in [0.29, 0.717) is 24.1 Å². The maximum Gasteiger partial charge on any atom is 0.231 e. The van der Waals surface area contributed by atoms with E-state index in [4.69, 9.17) is 15.7 Å². The van der Waals surface area contributed by atoms with Crippen molar-refractivity contribution in [3.8, 4) is 11.8 Å². The SMILES string of the molecule is N#Cc1ccc(COc2ccc(C3C[C@@H]3NCC(N)=O)cc2)cc1.